The average Bonchev–Trinajstić information content (AvgIpc) is 3.34. The molecule has 0 aliphatic carbocycles. The molecule has 2 N–H and O–H groups in total. The van der Waals surface area contributed by atoms with Crippen molar-refractivity contribution in [2.75, 3.05) is 13.6 Å². The van der Waals surface area contributed by atoms with Crippen molar-refractivity contribution >= 4 is 11.6 Å². The van der Waals surface area contributed by atoms with Crippen molar-refractivity contribution in [3.8, 4) is 0 Å². The van der Waals surface area contributed by atoms with E-state index in [1.807, 2.05) is 35.7 Å². The number of aromatic nitrogens is 6. The number of carbonyl (C=O) groups is 1. The quantitative estimate of drug-likeness (QED) is 0.660. The number of aryl methyl sites for hydroxylation is 1. The van der Waals surface area contributed by atoms with Gasteiger partial charge < -0.3 is 9.30 Å². The monoisotopic (exact) mass is 341 g/mol. The molecule has 3 aromatic rings. The average molecular weight is 341 g/mol. The summed E-state index contributed by atoms with van der Waals surface area (Å²) in [5, 5.41) is 11.2. The Bertz CT molecular complexity index is 888. The number of pyridine rings is 1. The summed E-state index contributed by atoms with van der Waals surface area (Å²) in [6.45, 7) is 2.96. The Morgan fingerprint density at radius 2 is 2.32 bits per heavy atom. The number of hydrogen-bond acceptors (Lipinski definition) is 7. The van der Waals surface area contributed by atoms with E-state index in [0.717, 1.165) is 17.0 Å². The van der Waals surface area contributed by atoms with Crippen LogP contribution in [0, 0.1) is 12.8 Å². The van der Waals surface area contributed by atoms with E-state index in [9.17, 15) is 4.79 Å². The van der Waals surface area contributed by atoms with Gasteiger partial charge in [0, 0.05) is 19.8 Å². The largest absolute Gasteiger partial charge is 0.339 e. The molecule has 2 unspecified atom stereocenters. The standard InChI is InChI=1S/C15H19N9O/c1-10-12(23-6-4-3-5-13(23)18-10)8-22(2)15(25)11-7-16-19-14(11)24-9-17-20-21-24/h3-6,9,11,14,16,19H,7-8H2,1-2H3. The van der Waals surface area contributed by atoms with Crippen LogP contribution in [0.5, 0.6) is 0 Å². The number of rotatable bonds is 4. The molecule has 1 saturated heterocycles. The number of nitrogens with one attached hydrogen (secondary N) is 2. The Balaban J connectivity index is 1.55. The molecule has 25 heavy (non-hydrogen) atoms. The van der Waals surface area contributed by atoms with Gasteiger partial charge in [0.1, 0.15) is 18.1 Å². The molecule has 2 atom stereocenters. The molecule has 4 rings (SSSR count). The van der Waals surface area contributed by atoms with Gasteiger partial charge in [0.15, 0.2) is 0 Å². The molecular formula is C15H19N9O. The SMILES string of the molecule is Cc1nc2ccccn2c1CN(C)C(=O)C1CNNC1n1cnnn1. The third kappa shape index (κ3) is 2.75. The molecule has 1 fully saturated rings. The molecule has 130 valence electrons. The second-order valence-corrected chi connectivity index (χ2v) is 6.13. The zero-order valence-electron chi connectivity index (χ0n) is 14.0. The van der Waals surface area contributed by atoms with Crippen molar-refractivity contribution in [1.82, 2.24) is 45.3 Å². The normalized spacial score (nSPS) is 20.2. The van der Waals surface area contributed by atoms with Gasteiger partial charge in [-0.2, -0.15) is 0 Å². The minimum atomic E-state index is -0.312. The van der Waals surface area contributed by atoms with Gasteiger partial charge in [0.2, 0.25) is 5.91 Å². The van der Waals surface area contributed by atoms with Crippen molar-refractivity contribution in [2.24, 2.45) is 5.92 Å². The molecule has 1 amide bonds. The second kappa shape index (κ2) is 6.22. The first-order valence-corrected chi connectivity index (χ1v) is 8.03. The molecule has 1 aliphatic heterocycles. The maximum atomic E-state index is 13.0. The van der Waals surface area contributed by atoms with Gasteiger partial charge >= 0.3 is 0 Å². The zero-order valence-corrected chi connectivity index (χ0v) is 14.0. The summed E-state index contributed by atoms with van der Waals surface area (Å²) < 4.78 is 3.57. The summed E-state index contributed by atoms with van der Waals surface area (Å²) in [4.78, 5) is 19.2. The van der Waals surface area contributed by atoms with E-state index in [4.69, 9.17) is 0 Å². The maximum absolute atomic E-state index is 13.0. The van der Waals surface area contributed by atoms with Crippen molar-refractivity contribution < 1.29 is 4.79 Å². The predicted molar refractivity (Wildman–Crippen MR) is 87.9 cm³/mol. The van der Waals surface area contributed by atoms with Crippen molar-refractivity contribution in [3.63, 3.8) is 0 Å². The molecule has 1 aliphatic rings. The van der Waals surface area contributed by atoms with Crippen LogP contribution in [0.3, 0.4) is 0 Å². The van der Waals surface area contributed by atoms with Gasteiger partial charge in [-0.05, 0) is 29.5 Å². The summed E-state index contributed by atoms with van der Waals surface area (Å²) in [6.07, 6.45) is 3.15. The van der Waals surface area contributed by atoms with Crippen LogP contribution >= 0.6 is 0 Å². The number of nitrogens with zero attached hydrogens (tertiary/aromatic N) is 7. The molecule has 0 bridgehead atoms. The summed E-state index contributed by atoms with van der Waals surface area (Å²) in [5.74, 6) is -0.281. The Hall–Kier alpha value is -2.85. The lowest BCUT2D eigenvalue weighted by Crippen LogP contribution is -2.38. The summed E-state index contributed by atoms with van der Waals surface area (Å²) in [6, 6.07) is 5.86. The molecule has 10 heteroatoms. The highest BCUT2D eigenvalue weighted by Crippen LogP contribution is 2.21. The lowest BCUT2D eigenvalue weighted by molar-refractivity contribution is -0.135. The summed E-state index contributed by atoms with van der Waals surface area (Å²) in [5.41, 5.74) is 8.87. The van der Waals surface area contributed by atoms with Gasteiger partial charge in [-0.25, -0.2) is 15.1 Å². The number of carbonyl (C=O) groups excluding carboxylic acids is 1. The minimum Gasteiger partial charge on any atom is -0.339 e. The first kappa shape index (κ1) is 15.7. The molecule has 0 spiro atoms. The fourth-order valence-electron chi connectivity index (χ4n) is 3.19. The van der Waals surface area contributed by atoms with E-state index in [2.05, 4.69) is 31.4 Å². The van der Waals surface area contributed by atoms with E-state index >= 15 is 0 Å². The van der Waals surface area contributed by atoms with Crippen molar-refractivity contribution in [1.29, 1.82) is 0 Å². The maximum Gasteiger partial charge on any atom is 0.230 e. The minimum absolute atomic E-state index is 0.0169. The van der Waals surface area contributed by atoms with Crippen LogP contribution in [0.25, 0.3) is 5.65 Å². The Morgan fingerprint density at radius 3 is 3.12 bits per heavy atom. The van der Waals surface area contributed by atoms with E-state index < -0.39 is 0 Å². The van der Waals surface area contributed by atoms with Crippen LogP contribution in [0.2, 0.25) is 0 Å². The number of hydrogen-bond donors (Lipinski definition) is 2. The smallest absolute Gasteiger partial charge is 0.230 e. The lowest BCUT2D eigenvalue weighted by Gasteiger charge is -2.24. The van der Waals surface area contributed by atoms with Gasteiger partial charge in [-0.1, -0.05) is 6.07 Å². The highest BCUT2D eigenvalue weighted by atomic mass is 16.2. The van der Waals surface area contributed by atoms with Gasteiger partial charge in [-0.15, -0.1) is 5.10 Å². The molecule has 0 saturated carbocycles. The van der Waals surface area contributed by atoms with Gasteiger partial charge in [0.05, 0.1) is 23.9 Å². The Kier molecular flexibility index (Phi) is 3.90. The van der Waals surface area contributed by atoms with Gasteiger partial charge in [-0.3, -0.25) is 10.2 Å². The number of tetrazole rings is 1. The van der Waals surface area contributed by atoms with Crippen molar-refractivity contribution in [3.05, 3.63) is 42.1 Å². The first-order valence-electron chi connectivity index (χ1n) is 8.03. The predicted octanol–water partition coefficient (Wildman–Crippen LogP) is -0.490. The first-order chi connectivity index (χ1) is 12.1. The van der Waals surface area contributed by atoms with Crippen LogP contribution < -0.4 is 10.9 Å². The van der Waals surface area contributed by atoms with E-state index in [1.54, 1.807) is 16.6 Å². The van der Waals surface area contributed by atoms with Crippen LogP contribution in [0.15, 0.2) is 30.7 Å². The number of hydrazine groups is 1. The molecule has 10 nitrogen and oxygen atoms in total. The van der Waals surface area contributed by atoms with Crippen molar-refractivity contribution in [2.45, 2.75) is 19.6 Å². The molecule has 0 aromatic carbocycles. The van der Waals surface area contributed by atoms with E-state index in [-0.39, 0.29) is 18.0 Å². The van der Waals surface area contributed by atoms with Crippen LogP contribution in [0.4, 0.5) is 0 Å². The van der Waals surface area contributed by atoms with Crippen LogP contribution in [-0.2, 0) is 11.3 Å². The summed E-state index contributed by atoms with van der Waals surface area (Å²) in [7, 11) is 1.80. The third-order valence-electron chi connectivity index (χ3n) is 4.51. The highest BCUT2D eigenvalue weighted by Gasteiger charge is 2.36. The lowest BCUT2D eigenvalue weighted by atomic mass is 10.1. The summed E-state index contributed by atoms with van der Waals surface area (Å²) >= 11 is 0. The Labute approximate surface area is 143 Å². The van der Waals surface area contributed by atoms with E-state index in [0.29, 0.717) is 13.1 Å². The fourth-order valence-corrected chi connectivity index (χ4v) is 3.19. The topological polar surface area (TPSA) is 105 Å². The Morgan fingerprint density at radius 1 is 1.44 bits per heavy atom. The van der Waals surface area contributed by atoms with Gasteiger partial charge in [0.25, 0.3) is 0 Å². The number of fused-ring (bicyclic) bond motifs is 1. The molecule has 4 heterocycles. The molecule has 0 radical (unpaired) electrons. The second-order valence-electron chi connectivity index (χ2n) is 6.13. The zero-order chi connectivity index (χ0) is 17.4. The number of amides is 1. The molecular weight excluding hydrogens is 322 g/mol. The van der Waals surface area contributed by atoms with E-state index in [1.165, 1.54) is 6.33 Å². The fraction of sp³-hybridized carbons (Fsp3) is 0.400. The van der Waals surface area contributed by atoms with Crippen LogP contribution in [0.1, 0.15) is 17.6 Å². The highest BCUT2D eigenvalue weighted by molar-refractivity contribution is 5.79. The third-order valence-corrected chi connectivity index (χ3v) is 4.51. The number of imidazole rings is 1. The van der Waals surface area contributed by atoms with Crippen LogP contribution in [-0.4, -0.2) is 54.0 Å². The molecule has 3 aromatic heterocycles.